The van der Waals surface area contributed by atoms with Gasteiger partial charge in [0.05, 0.1) is 0 Å². The lowest BCUT2D eigenvalue weighted by molar-refractivity contribution is -0.153. The molecule has 2 amide bonds. The average Bonchev–Trinajstić information content (AvgIpc) is 2.69. The summed E-state index contributed by atoms with van der Waals surface area (Å²) >= 11 is 0. The summed E-state index contributed by atoms with van der Waals surface area (Å²) in [6.07, 6.45) is 5.04. The summed E-state index contributed by atoms with van der Waals surface area (Å²) < 4.78 is 5.07. The quantitative estimate of drug-likeness (QED) is 0.710. The molecule has 1 aromatic carbocycles. The smallest absolute Gasteiger partial charge is 0.325 e. The molecule has 0 aliphatic heterocycles. The van der Waals surface area contributed by atoms with E-state index < -0.39 is 5.97 Å². The molecular weight excluding hydrogens is 344 g/mol. The minimum Gasteiger partial charge on any atom is -0.454 e. The van der Waals surface area contributed by atoms with Gasteiger partial charge in [-0.25, -0.2) is 0 Å². The van der Waals surface area contributed by atoms with Gasteiger partial charge in [0.15, 0.2) is 6.61 Å². The number of nitrogens with one attached hydrogen (secondary N) is 1. The maximum absolute atomic E-state index is 12.4. The average molecular weight is 374 g/mol. The van der Waals surface area contributed by atoms with E-state index in [4.69, 9.17) is 4.74 Å². The third-order valence-electron chi connectivity index (χ3n) is 4.88. The molecule has 0 bridgehead atoms. The van der Waals surface area contributed by atoms with E-state index in [-0.39, 0.29) is 36.9 Å². The van der Waals surface area contributed by atoms with Crippen LogP contribution in [0, 0.1) is 5.92 Å². The van der Waals surface area contributed by atoms with Crippen LogP contribution in [0.2, 0.25) is 0 Å². The fourth-order valence-corrected chi connectivity index (χ4v) is 3.28. The van der Waals surface area contributed by atoms with Gasteiger partial charge in [0, 0.05) is 18.5 Å². The van der Waals surface area contributed by atoms with Crippen molar-refractivity contribution in [2.75, 3.05) is 13.2 Å². The molecule has 27 heavy (non-hydrogen) atoms. The Labute approximate surface area is 161 Å². The van der Waals surface area contributed by atoms with Crippen molar-refractivity contribution in [3.05, 3.63) is 35.9 Å². The first kappa shape index (κ1) is 20.9. The number of carbonyl (C=O) groups excluding carboxylic acids is 3. The van der Waals surface area contributed by atoms with Gasteiger partial charge in [-0.2, -0.15) is 0 Å². The van der Waals surface area contributed by atoms with E-state index >= 15 is 0 Å². The summed E-state index contributed by atoms with van der Waals surface area (Å²) in [5.41, 5.74) is 1.02. The number of amides is 2. The topological polar surface area (TPSA) is 75.7 Å². The van der Waals surface area contributed by atoms with Crippen molar-refractivity contribution in [3.8, 4) is 0 Å². The highest BCUT2D eigenvalue weighted by Crippen LogP contribution is 2.23. The molecule has 1 aliphatic carbocycles. The minimum absolute atomic E-state index is 0.00418. The van der Waals surface area contributed by atoms with Crippen molar-refractivity contribution in [2.45, 2.75) is 58.5 Å². The first-order valence-corrected chi connectivity index (χ1v) is 9.74. The Hall–Kier alpha value is -2.37. The Morgan fingerprint density at radius 2 is 1.78 bits per heavy atom. The summed E-state index contributed by atoms with van der Waals surface area (Å²) in [7, 11) is 0. The Morgan fingerprint density at radius 3 is 2.41 bits per heavy atom. The van der Waals surface area contributed by atoms with Crippen molar-refractivity contribution in [2.24, 2.45) is 5.92 Å². The van der Waals surface area contributed by atoms with Crippen molar-refractivity contribution in [1.29, 1.82) is 0 Å². The molecule has 1 saturated carbocycles. The maximum Gasteiger partial charge on any atom is 0.325 e. The number of ether oxygens (including phenoxy) is 1. The van der Waals surface area contributed by atoms with Crippen molar-refractivity contribution in [1.82, 2.24) is 10.2 Å². The van der Waals surface area contributed by atoms with Crippen LogP contribution in [0.3, 0.4) is 0 Å². The van der Waals surface area contributed by atoms with Gasteiger partial charge in [0.25, 0.3) is 5.91 Å². The highest BCUT2D eigenvalue weighted by molar-refractivity contribution is 5.85. The van der Waals surface area contributed by atoms with Gasteiger partial charge in [0.2, 0.25) is 5.91 Å². The molecule has 2 rings (SSSR count). The SMILES string of the molecule is CC(C)N(Cc1ccccc1)C(=O)COC(=O)CNC(=O)C1CCCCC1. The number of benzene rings is 1. The summed E-state index contributed by atoms with van der Waals surface area (Å²) in [6, 6.07) is 9.67. The fourth-order valence-electron chi connectivity index (χ4n) is 3.28. The number of carbonyl (C=O) groups is 3. The Balaban J connectivity index is 1.75. The van der Waals surface area contributed by atoms with E-state index in [1.807, 2.05) is 44.2 Å². The molecule has 0 spiro atoms. The van der Waals surface area contributed by atoms with Gasteiger partial charge in [-0.15, -0.1) is 0 Å². The molecule has 0 atom stereocenters. The molecular formula is C21H30N2O4. The Bertz CT molecular complexity index is 624. The van der Waals surface area contributed by atoms with Crippen LogP contribution < -0.4 is 5.32 Å². The Kier molecular flexibility index (Phi) is 8.30. The molecule has 1 aromatic rings. The lowest BCUT2D eigenvalue weighted by Gasteiger charge is -2.26. The van der Waals surface area contributed by atoms with E-state index in [9.17, 15) is 14.4 Å². The monoisotopic (exact) mass is 374 g/mol. The van der Waals surface area contributed by atoms with Gasteiger partial charge in [-0.05, 0) is 32.3 Å². The molecule has 6 heteroatoms. The highest BCUT2D eigenvalue weighted by atomic mass is 16.5. The van der Waals surface area contributed by atoms with E-state index in [2.05, 4.69) is 5.32 Å². The summed E-state index contributed by atoms with van der Waals surface area (Å²) in [5.74, 6) is -0.932. The zero-order valence-corrected chi connectivity index (χ0v) is 16.3. The van der Waals surface area contributed by atoms with E-state index in [0.29, 0.717) is 6.54 Å². The predicted octanol–water partition coefficient (Wildman–Crippen LogP) is 2.66. The van der Waals surface area contributed by atoms with E-state index in [1.165, 1.54) is 6.42 Å². The normalized spacial score (nSPS) is 14.6. The highest BCUT2D eigenvalue weighted by Gasteiger charge is 2.22. The molecule has 1 aliphatic rings. The van der Waals surface area contributed by atoms with Gasteiger partial charge in [-0.3, -0.25) is 14.4 Å². The second kappa shape index (κ2) is 10.7. The van der Waals surface area contributed by atoms with Crippen LogP contribution in [0.1, 0.15) is 51.5 Å². The fraction of sp³-hybridized carbons (Fsp3) is 0.571. The van der Waals surface area contributed by atoms with Crippen molar-refractivity contribution < 1.29 is 19.1 Å². The summed E-state index contributed by atoms with van der Waals surface area (Å²) in [6.45, 7) is 3.81. The van der Waals surface area contributed by atoms with Crippen LogP contribution in [0.15, 0.2) is 30.3 Å². The van der Waals surface area contributed by atoms with E-state index in [0.717, 1.165) is 31.2 Å². The molecule has 0 saturated heterocycles. The van der Waals surface area contributed by atoms with Crippen LogP contribution in [-0.2, 0) is 25.7 Å². The number of esters is 1. The number of rotatable bonds is 8. The lowest BCUT2D eigenvalue weighted by Crippen LogP contribution is -2.40. The maximum atomic E-state index is 12.4. The van der Waals surface area contributed by atoms with E-state index in [1.54, 1.807) is 4.90 Å². The largest absolute Gasteiger partial charge is 0.454 e. The Morgan fingerprint density at radius 1 is 1.11 bits per heavy atom. The van der Waals surface area contributed by atoms with Crippen LogP contribution >= 0.6 is 0 Å². The second-order valence-electron chi connectivity index (χ2n) is 7.31. The third kappa shape index (κ3) is 7.04. The first-order chi connectivity index (χ1) is 13.0. The molecule has 1 fully saturated rings. The molecule has 0 radical (unpaired) electrons. The minimum atomic E-state index is -0.587. The van der Waals surface area contributed by atoms with Gasteiger partial charge in [0.1, 0.15) is 6.54 Å². The zero-order chi connectivity index (χ0) is 19.6. The third-order valence-corrected chi connectivity index (χ3v) is 4.88. The standard InChI is InChI=1S/C21H30N2O4/c1-16(2)23(14-17-9-5-3-6-10-17)19(24)15-27-20(25)13-22-21(26)18-11-7-4-8-12-18/h3,5-6,9-10,16,18H,4,7-8,11-15H2,1-2H3,(H,22,26). The molecule has 0 heterocycles. The predicted molar refractivity (Wildman–Crippen MR) is 103 cm³/mol. The van der Waals surface area contributed by atoms with Crippen LogP contribution in [0.25, 0.3) is 0 Å². The molecule has 6 nitrogen and oxygen atoms in total. The first-order valence-electron chi connectivity index (χ1n) is 9.74. The number of hydrogen-bond donors (Lipinski definition) is 1. The van der Waals surface area contributed by atoms with Crippen molar-refractivity contribution in [3.63, 3.8) is 0 Å². The van der Waals surface area contributed by atoms with Crippen LogP contribution in [0.4, 0.5) is 0 Å². The molecule has 0 aromatic heterocycles. The second-order valence-corrected chi connectivity index (χ2v) is 7.31. The van der Waals surface area contributed by atoms with Crippen LogP contribution in [-0.4, -0.2) is 41.9 Å². The van der Waals surface area contributed by atoms with Crippen molar-refractivity contribution >= 4 is 17.8 Å². The summed E-state index contributed by atoms with van der Waals surface area (Å²) in [5, 5.41) is 2.63. The van der Waals surface area contributed by atoms with Crippen LogP contribution in [0.5, 0.6) is 0 Å². The number of hydrogen-bond acceptors (Lipinski definition) is 4. The summed E-state index contributed by atoms with van der Waals surface area (Å²) in [4.78, 5) is 38.0. The molecule has 1 N–H and O–H groups in total. The van der Waals surface area contributed by atoms with Gasteiger partial charge >= 0.3 is 5.97 Å². The molecule has 148 valence electrons. The van der Waals surface area contributed by atoms with Gasteiger partial charge < -0.3 is 15.0 Å². The molecule has 0 unspecified atom stereocenters. The lowest BCUT2D eigenvalue weighted by atomic mass is 9.89. The number of nitrogens with zero attached hydrogens (tertiary/aromatic N) is 1. The zero-order valence-electron chi connectivity index (χ0n) is 16.3. The van der Waals surface area contributed by atoms with Gasteiger partial charge in [-0.1, -0.05) is 49.6 Å².